The van der Waals surface area contributed by atoms with Crippen LogP contribution in [0.5, 0.6) is 0 Å². The third kappa shape index (κ3) is 3.24. The van der Waals surface area contributed by atoms with Gasteiger partial charge in [-0.3, -0.25) is 18.7 Å². The van der Waals surface area contributed by atoms with Crippen molar-refractivity contribution < 1.29 is 14.9 Å². The van der Waals surface area contributed by atoms with E-state index in [4.69, 9.17) is 15.5 Å². The van der Waals surface area contributed by atoms with E-state index in [2.05, 4.69) is 25.3 Å². The maximum Gasteiger partial charge on any atom is 0.280 e. The van der Waals surface area contributed by atoms with Crippen LogP contribution >= 0.6 is 0 Å². The number of anilines is 3. The van der Waals surface area contributed by atoms with Crippen LogP contribution in [0.2, 0.25) is 0 Å². The highest BCUT2D eigenvalue weighted by atomic mass is 16.5. The van der Waals surface area contributed by atoms with Gasteiger partial charge in [0.1, 0.15) is 23.5 Å². The predicted octanol–water partition coefficient (Wildman–Crippen LogP) is 0.899. The number of aryl methyl sites for hydroxylation is 2. The second-order valence-corrected chi connectivity index (χ2v) is 8.63. The molecule has 0 radical (unpaired) electrons. The van der Waals surface area contributed by atoms with Crippen LogP contribution in [0.4, 0.5) is 17.6 Å². The maximum absolute atomic E-state index is 12.6. The fraction of sp³-hybridized carbons (Fsp3) is 0.318. The van der Waals surface area contributed by atoms with Gasteiger partial charge < -0.3 is 26.0 Å². The number of nitrogens with two attached hydrogens (primary N) is 1. The summed E-state index contributed by atoms with van der Waals surface area (Å²) in [4.78, 5) is 33.1. The minimum Gasteiger partial charge on any atom is -0.394 e. The number of aliphatic hydroxyl groups is 2. The van der Waals surface area contributed by atoms with Crippen molar-refractivity contribution in [1.29, 1.82) is 0 Å². The van der Waals surface area contributed by atoms with Gasteiger partial charge in [-0.15, -0.1) is 0 Å². The smallest absolute Gasteiger partial charge is 0.280 e. The third-order valence-electron chi connectivity index (χ3n) is 6.38. The van der Waals surface area contributed by atoms with Gasteiger partial charge in [0.25, 0.3) is 5.56 Å². The molecule has 0 aliphatic carbocycles. The van der Waals surface area contributed by atoms with Gasteiger partial charge in [0, 0.05) is 18.2 Å². The summed E-state index contributed by atoms with van der Waals surface area (Å²) in [7, 11) is 0. The maximum atomic E-state index is 12.6. The highest BCUT2D eigenvalue weighted by Gasteiger charge is 2.37. The molecule has 0 spiro atoms. The normalized spacial score (nSPS) is 20.4. The van der Waals surface area contributed by atoms with Gasteiger partial charge in [0.05, 0.1) is 24.6 Å². The van der Waals surface area contributed by atoms with Gasteiger partial charge in [0.15, 0.2) is 16.8 Å². The zero-order valence-corrected chi connectivity index (χ0v) is 18.9. The SMILES string of the molecule is Cc1c(Nc2nc3c(=O)[nH]c(N)nc3n2[C@H]2C[C@H](O)[C@@H](CO)O2)cnc2c1nc1c(C)cccn12. The first-order valence-corrected chi connectivity index (χ1v) is 11.1. The van der Waals surface area contributed by atoms with E-state index in [9.17, 15) is 15.0 Å². The number of H-pyrrole nitrogens is 1. The van der Waals surface area contributed by atoms with Gasteiger partial charge in [-0.25, -0.2) is 15.0 Å². The predicted molar refractivity (Wildman–Crippen MR) is 127 cm³/mol. The summed E-state index contributed by atoms with van der Waals surface area (Å²) in [5.74, 6) is 0.176. The number of nitrogen functional groups attached to an aromatic ring is 1. The molecular formula is C22H23N9O4. The van der Waals surface area contributed by atoms with Gasteiger partial charge in [-0.1, -0.05) is 6.07 Å². The van der Waals surface area contributed by atoms with Crippen LogP contribution in [-0.2, 0) is 4.74 Å². The Bertz CT molecular complexity index is 1670. The summed E-state index contributed by atoms with van der Waals surface area (Å²) >= 11 is 0. The molecule has 13 nitrogen and oxygen atoms in total. The van der Waals surface area contributed by atoms with Crippen molar-refractivity contribution in [2.45, 2.75) is 38.7 Å². The molecule has 0 unspecified atom stereocenters. The molecule has 6 N–H and O–H groups in total. The first-order chi connectivity index (χ1) is 16.9. The molecule has 13 heteroatoms. The van der Waals surface area contributed by atoms with Crippen LogP contribution in [-0.4, -0.2) is 62.9 Å². The van der Waals surface area contributed by atoms with Crippen LogP contribution in [0.1, 0.15) is 23.8 Å². The Kier molecular flexibility index (Phi) is 4.74. The molecule has 5 aromatic heterocycles. The monoisotopic (exact) mass is 477 g/mol. The highest BCUT2D eigenvalue weighted by molar-refractivity contribution is 5.86. The standard InChI is InChI=1S/C22H23N9O4/c1-9-4-3-5-30-17(9)26-15-10(2)11(7-24-18(15)30)25-22-27-16-19(28-21(23)29-20(16)34)31(22)14-6-12(33)13(8-32)35-14/h3-5,7,12-14,32-33H,6,8H2,1-2H3,(H,25,27)(H3,23,28,29,34)/t12-,13+,14+/m0/s1. The average Bonchev–Trinajstić information content (AvgIpc) is 3.49. The number of hydrogen-bond donors (Lipinski definition) is 5. The van der Waals surface area contributed by atoms with E-state index in [-0.39, 0.29) is 36.1 Å². The molecule has 1 aliphatic heterocycles. The Hall–Kier alpha value is -4.07. The molecule has 180 valence electrons. The van der Waals surface area contributed by atoms with Gasteiger partial charge in [0.2, 0.25) is 11.9 Å². The molecule has 5 aromatic rings. The Morgan fingerprint density at radius 2 is 2.06 bits per heavy atom. The van der Waals surface area contributed by atoms with Gasteiger partial charge >= 0.3 is 0 Å². The van der Waals surface area contributed by atoms with Gasteiger partial charge in [-0.2, -0.15) is 4.98 Å². The van der Waals surface area contributed by atoms with E-state index in [1.54, 1.807) is 10.8 Å². The second kappa shape index (κ2) is 7.73. The van der Waals surface area contributed by atoms with Crippen LogP contribution in [0.3, 0.4) is 0 Å². The van der Waals surface area contributed by atoms with E-state index >= 15 is 0 Å². The summed E-state index contributed by atoms with van der Waals surface area (Å²) in [5.41, 5.74) is 10.3. The van der Waals surface area contributed by atoms with Crippen molar-refractivity contribution in [2.75, 3.05) is 17.7 Å². The molecule has 35 heavy (non-hydrogen) atoms. The van der Waals surface area contributed by atoms with E-state index < -0.39 is 24.0 Å². The summed E-state index contributed by atoms with van der Waals surface area (Å²) < 4.78 is 9.35. The largest absolute Gasteiger partial charge is 0.394 e. The summed E-state index contributed by atoms with van der Waals surface area (Å²) in [6.07, 6.45) is 1.35. The van der Waals surface area contributed by atoms with E-state index in [0.717, 1.165) is 27.9 Å². The number of nitrogens with zero attached hydrogens (tertiary/aromatic N) is 6. The summed E-state index contributed by atoms with van der Waals surface area (Å²) in [6, 6.07) is 3.94. The lowest BCUT2D eigenvalue weighted by molar-refractivity contribution is -0.0425. The molecule has 0 bridgehead atoms. The quantitative estimate of drug-likeness (QED) is 0.249. The number of nitrogens with one attached hydrogen (secondary N) is 2. The molecular weight excluding hydrogens is 454 g/mol. The molecule has 0 aromatic carbocycles. The molecule has 1 saturated heterocycles. The lowest BCUT2D eigenvalue weighted by Gasteiger charge is -2.17. The number of imidazole rings is 2. The van der Waals surface area contributed by atoms with Crippen LogP contribution < -0.4 is 16.6 Å². The minimum atomic E-state index is -0.893. The lowest BCUT2D eigenvalue weighted by Crippen LogP contribution is -2.24. The number of ether oxygens (including phenoxy) is 1. The zero-order valence-electron chi connectivity index (χ0n) is 18.9. The molecule has 0 amide bonds. The first kappa shape index (κ1) is 21.5. The van der Waals surface area contributed by atoms with Crippen molar-refractivity contribution >= 4 is 45.6 Å². The van der Waals surface area contributed by atoms with E-state index in [0.29, 0.717) is 5.69 Å². The Labute approximate surface area is 197 Å². The number of aromatic nitrogens is 7. The fourth-order valence-electron chi connectivity index (χ4n) is 4.56. The Balaban J connectivity index is 1.51. The van der Waals surface area contributed by atoms with Crippen LogP contribution in [0, 0.1) is 13.8 Å². The molecule has 0 saturated carbocycles. The number of aliphatic hydroxyl groups excluding tert-OH is 2. The van der Waals surface area contributed by atoms with Crippen molar-refractivity contribution in [3.8, 4) is 0 Å². The topological polar surface area (TPSA) is 181 Å². The summed E-state index contributed by atoms with van der Waals surface area (Å²) in [6.45, 7) is 3.56. The van der Waals surface area contributed by atoms with Crippen molar-refractivity contribution in [3.63, 3.8) is 0 Å². The van der Waals surface area contributed by atoms with Crippen molar-refractivity contribution in [3.05, 3.63) is 46.0 Å². The van der Waals surface area contributed by atoms with E-state index in [1.807, 2.05) is 36.6 Å². The Morgan fingerprint density at radius 3 is 2.83 bits per heavy atom. The fourth-order valence-corrected chi connectivity index (χ4v) is 4.56. The number of pyridine rings is 2. The number of hydrogen-bond acceptors (Lipinski definition) is 10. The molecule has 6 heterocycles. The van der Waals surface area contributed by atoms with Crippen LogP contribution in [0.15, 0.2) is 29.3 Å². The molecule has 1 fully saturated rings. The van der Waals surface area contributed by atoms with Crippen molar-refractivity contribution in [2.24, 2.45) is 0 Å². The second-order valence-electron chi connectivity index (χ2n) is 8.63. The van der Waals surface area contributed by atoms with Crippen molar-refractivity contribution in [1.82, 2.24) is 33.9 Å². The molecule has 6 rings (SSSR count). The molecule has 1 aliphatic rings. The van der Waals surface area contributed by atoms with Gasteiger partial charge in [-0.05, 0) is 25.5 Å². The number of rotatable bonds is 4. The first-order valence-electron chi connectivity index (χ1n) is 11.1. The summed E-state index contributed by atoms with van der Waals surface area (Å²) in [5, 5.41) is 23.1. The lowest BCUT2D eigenvalue weighted by atomic mass is 10.2. The third-order valence-corrected chi connectivity index (χ3v) is 6.38. The number of fused-ring (bicyclic) bond motifs is 4. The Morgan fingerprint density at radius 1 is 1.23 bits per heavy atom. The zero-order chi connectivity index (χ0) is 24.4. The highest BCUT2D eigenvalue weighted by Crippen LogP contribution is 2.35. The average molecular weight is 477 g/mol. The molecule has 3 atom stereocenters. The minimum absolute atomic E-state index is 0.0577. The van der Waals surface area contributed by atoms with Crippen LogP contribution in [0.25, 0.3) is 28.0 Å². The number of aromatic amines is 1. The van der Waals surface area contributed by atoms with E-state index in [1.165, 1.54) is 0 Å².